The summed E-state index contributed by atoms with van der Waals surface area (Å²) in [6.07, 6.45) is 0.554. The zero-order valence-corrected chi connectivity index (χ0v) is 9.48. The van der Waals surface area contributed by atoms with Crippen molar-refractivity contribution in [3.05, 3.63) is 30.3 Å². The smallest absolute Gasteiger partial charge is 0.319 e. The summed E-state index contributed by atoms with van der Waals surface area (Å²) in [4.78, 5) is 11.5. The molecule has 0 saturated carbocycles. The number of para-hydroxylation sites is 1. The van der Waals surface area contributed by atoms with Gasteiger partial charge >= 0.3 is 6.03 Å². The van der Waals surface area contributed by atoms with Crippen LogP contribution in [0.3, 0.4) is 0 Å². The first-order valence-electron chi connectivity index (χ1n) is 5.58. The molecular formula is C12H16N2O3. The van der Waals surface area contributed by atoms with Crippen LogP contribution in [0.5, 0.6) is 0 Å². The maximum absolute atomic E-state index is 11.5. The highest BCUT2D eigenvalue weighted by Crippen LogP contribution is 2.16. The van der Waals surface area contributed by atoms with E-state index in [1.54, 1.807) is 12.1 Å². The predicted molar refractivity (Wildman–Crippen MR) is 63.8 cm³/mol. The molecule has 0 unspecified atom stereocenters. The second-order valence-electron chi connectivity index (χ2n) is 4.20. The Morgan fingerprint density at radius 1 is 1.41 bits per heavy atom. The SMILES string of the molecule is O=C(NC[C@@]1(O)CCOC1)Nc1ccccc1. The van der Waals surface area contributed by atoms with Crippen molar-refractivity contribution in [3.63, 3.8) is 0 Å². The van der Waals surface area contributed by atoms with Crippen LogP contribution in [0.25, 0.3) is 0 Å². The van der Waals surface area contributed by atoms with Crippen LogP contribution in [-0.2, 0) is 4.74 Å². The zero-order chi connectivity index (χ0) is 12.1. The first-order valence-corrected chi connectivity index (χ1v) is 5.58. The van der Waals surface area contributed by atoms with E-state index in [2.05, 4.69) is 10.6 Å². The van der Waals surface area contributed by atoms with Crippen molar-refractivity contribution in [2.45, 2.75) is 12.0 Å². The van der Waals surface area contributed by atoms with E-state index in [1.807, 2.05) is 18.2 Å². The van der Waals surface area contributed by atoms with Gasteiger partial charge in [-0.3, -0.25) is 0 Å². The Bertz CT molecular complexity index is 375. The minimum atomic E-state index is -0.923. The molecular weight excluding hydrogens is 220 g/mol. The fraction of sp³-hybridized carbons (Fsp3) is 0.417. The molecule has 1 aromatic carbocycles. The summed E-state index contributed by atoms with van der Waals surface area (Å²) >= 11 is 0. The third-order valence-corrected chi connectivity index (χ3v) is 2.69. The maximum Gasteiger partial charge on any atom is 0.319 e. The van der Waals surface area contributed by atoms with Crippen LogP contribution in [0.1, 0.15) is 6.42 Å². The summed E-state index contributed by atoms with van der Waals surface area (Å²) in [5.41, 5.74) is -0.201. The number of urea groups is 1. The normalized spacial score (nSPS) is 23.4. The molecule has 1 fully saturated rings. The van der Waals surface area contributed by atoms with Gasteiger partial charge in [0.05, 0.1) is 13.2 Å². The lowest BCUT2D eigenvalue weighted by molar-refractivity contribution is 0.0295. The molecule has 92 valence electrons. The molecule has 2 amide bonds. The van der Waals surface area contributed by atoms with Crippen LogP contribution in [0, 0.1) is 0 Å². The van der Waals surface area contributed by atoms with Gasteiger partial charge in [0, 0.05) is 18.7 Å². The molecule has 0 aromatic heterocycles. The molecule has 1 aliphatic rings. The Kier molecular flexibility index (Phi) is 3.61. The van der Waals surface area contributed by atoms with Crippen LogP contribution >= 0.6 is 0 Å². The maximum atomic E-state index is 11.5. The van der Waals surface area contributed by atoms with Gasteiger partial charge in [0.2, 0.25) is 0 Å². The minimum Gasteiger partial charge on any atom is -0.386 e. The van der Waals surface area contributed by atoms with Crippen LogP contribution < -0.4 is 10.6 Å². The van der Waals surface area contributed by atoms with Crippen LogP contribution in [0.15, 0.2) is 30.3 Å². The quantitative estimate of drug-likeness (QED) is 0.732. The van der Waals surface area contributed by atoms with Crippen molar-refractivity contribution in [2.24, 2.45) is 0 Å². The highest BCUT2D eigenvalue weighted by atomic mass is 16.5. The highest BCUT2D eigenvalue weighted by Gasteiger charge is 2.32. The van der Waals surface area contributed by atoms with E-state index in [0.717, 1.165) is 5.69 Å². The third kappa shape index (κ3) is 3.44. The Labute approximate surface area is 99.8 Å². The van der Waals surface area contributed by atoms with Crippen molar-refractivity contribution < 1.29 is 14.6 Å². The molecule has 5 heteroatoms. The van der Waals surface area contributed by atoms with Gasteiger partial charge in [-0.25, -0.2) is 4.79 Å². The predicted octanol–water partition coefficient (Wildman–Crippen LogP) is 0.959. The number of carbonyl (C=O) groups is 1. The number of hydrogen-bond donors (Lipinski definition) is 3. The topological polar surface area (TPSA) is 70.6 Å². The van der Waals surface area contributed by atoms with Gasteiger partial charge in [-0.15, -0.1) is 0 Å². The molecule has 0 aliphatic carbocycles. The summed E-state index contributed by atoms with van der Waals surface area (Å²) in [7, 11) is 0. The molecule has 17 heavy (non-hydrogen) atoms. The van der Waals surface area contributed by atoms with Gasteiger partial charge in [0.1, 0.15) is 5.60 Å². The van der Waals surface area contributed by atoms with Gasteiger partial charge in [-0.1, -0.05) is 18.2 Å². The van der Waals surface area contributed by atoms with Gasteiger partial charge in [-0.05, 0) is 12.1 Å². The molecule has 0 radical (unpaired) electrons. The van der Waals surface area contributed by atoms with Crippen molar-refractivity contribution >= 4 is 11.7 Å². The average Bonchev–Trinajstić information content (AvgIpc) is 2.76. The molecule has 5 nitrogen and oxygen atoms in total. The number of carbonyl (C=O) groups excluding carboxylic acids is 1. The molecule has 0 bridgehead atoms. The average molecular weight is 236 g/mol. The van der Waals surface area contributed by atoms with Crippen molar-refractivity contribution in [2.75, 3.05) is 25.1 Å². The summed E-state index contributed by atoms with van der Waals surface area (Å²) in [6.45, 7) is 1.02. The van der Waals surface area contributed by atoms with E-state index in [0.29, 0.717) is 13.0 Å². The van der Waals surface area contributed by atoms with Gasteiger partial charge in [0.15, 0.2) is 0 Å². The lowest BCUT2D eigenvalue weighted by Gasteiger charge is -2.20. The number of benzene rings is 1. The standard InChI is InChI=1S/C12H16N2O3/c15-11(14-10-4-2-1-3-5-10)13-8-12(16)6-7-17-9-12/h1-5,16H,6-9H2,(H2,13,14,15)/t12-/m0/s1. The van der Waals surface area contributed by atoms with Crippen molar-refractivity contribution in [3.8, 4) is 0 Å². The Morgan fingerprint density at radius 2 is 2.18 bits per heavy atom. The number of hydrogen-bond acceptors (Lipinski definition) is 3. The van der Waals surface area contributed by atoms with Gasteiger partial charge in [-0.2, -0.15) is 0 Å². The second-order valence-corrected chi connectivity index (χ2v) is 4.20. The largest absolute Gasteiger partial charge is 0.386 e. The minimum absolute atomic E-state index is 0.200. The van der Waals surface area contributed by atoms with Crippen molar-refractivity contribution in [1.82, 2.24) is 5.32 Å². The van der Waals surface area contributed by atoms with Gasteiger partial charge < -0.3 is 20.5 Å². The van der Waals surface area contributed by atoms with E-state index >= 15 is 0 Å². The lowest BCUT2D eigenvalue weighted by atomic mass is 10.0. The van der Waals surface area contributed by atoms with E-state index in [4.69, 9.17) is 4.74 Å². The van der Waals surface area contributed by atoms with E-state index in [9.17, 15) is 9.90 Å². The monoisotopic (exact) mass is 236 g/mol. The fourth-order valence-electron chi connectivity index (χ4n) is 1.68. The lowest BCUT2D eigenvalue weighted by Crippen LogP contribution is -2.44. The molecule has 1 atom stereocenters. The molecule has 2 rings (SSSR count). The summed E-state index contributed by atoms with van der Waals surface area (Å²) in [6, 6.07) is 8.83. The molecule has 1 aliphatic heterocycles. The number of ether oxygens (including phenoxy) is 1. The molecule has 1 heterocycles. The first-order chi connectivity index (χ1) is 8.18. The summed E-state index contributed by atoms with van der Waals surface area (Å²) < 4.78 is 5.09. The summed E-state index contributed by atoms with van der Waals surface area (Å²) in [5, 5.41) is 15.3. The first kappa shape index (κ1) is 11.9. The third-order valence-electron chi connectivity index (χ3n) is 2.69. The number of amides is 2. The Balaban J connectivity index is 1.78. The van der Waals surface area contributed by atoms with E-state index < -0.39 is 5.60 Å². The molecule has 3 N–H and O–H groups in total. The molecule has 1 saturated heterocycles. The van der Waals surface area contributed by atoms with E-state index in [1.165, 1.54) is 0 Å². The number of rotatable bonds is 3. The second kappa shape index (κ2) is 5.16. The zero-order valence-electron chi connectivity index (χ0n) is 9.48. The number of nitrogens with one attached hydrogen (secondary N) is 2. The van der Waals surface area contributed by atoms with Gasteiger partial charge in [0.25, 0.3) is 0 Å². The molecule has 0 spiro atoms. The number of aliphatic hydroxyl groups is 1. The van der Waals surface area contributed by atoms with Crippen LogP contribution in [0.4, 0.5) is 10.5 Å². The van der Waals surface area contributed by atoms with Crippen LogP contribution in [-0.4, -0.2) is 36.5 Å². The Hall–Kier alpha value is -1.59. The molecule has 1 aromatic rings. The highest BCUT2D eigenvalue weighted by molar-refractivity contribution is 5.89. The Morgan fingerprint density at radius 3 is 2.82 bits per heavy atom. The number of anilines is 1. The fourth-order valence-corrected chi connectivity index (χ4v) is 1.68. The van der Waals surface area contributed by atoms with Crippen LogP contribution in [0.2, 0.25) is 0 Å². The van der Waals surface area contributed by atoms with E-state index in [-0.39, 0.29) is 19.2 Å². The van der Waals surface area contributed by atoms with Crippen molar-refractivity contribution in [1.29, 1.82) is 0 Å². The summed E-state index contributed by atoms with van der Waals surface area (Å²) in [5.74, 6) is 0.